The standard InChI is InChI=1S/C26H8N8O8/c1-29-17(9-27)21-15-7-13-11(3-5-19(31(35)36)25(13)33(39)40)22(15)24(18(10-28)30-2)23-12-4-6-20(32(37)38)26(34(41)42)14(12)8-16(21)23/h3-6H,7-8H2. The predicted octanol–water partition coefficient (Wildman–Crippen LogP) is 3.56. The normalized spacial score (nSPS) is 11.3. The van der Waals surface area contributed by atoms with Gasteiger partial charge in [0.05, 0.1) is 45.0 Å². The molecular weight excluding hydrogens is 552 g/mol. The maximum Gasteiger partial charge on any atom is 0.350 e. The zero-order valence-electron chi connectivity index (χ0n) is 20.6. The average Bonchev–Trinajstić information content (AvgIpc) is 3.52. The second-order valence-corrected chi connectivity index (χ2v) is 8.90. The van der Waals surface area contributed by atoms with Gasteiger partial charge in [0.2, 0.25) is 0 Å². The molecule has 0 aromatic heterocycles. The second-order valence-electron chi connectivity index (χ2n) is 8.90. The summed E-state index contributed by atoms with van der Waals surface area (Å²) in [6, 6.07) is 7.65. The molecule has 42 heavy (non-hydrogen) atoms. The molecule has 16 heteroatoms. The molecule has 16 nitrogen and oxygen atoms in total. The maximum atomic E-state index is 12.0. The van der Waals surface area contributed by atoms with Gasteiger partial charge in [0, 0.05) is 41.3 Å². The van der Waals surface area contributed by atoms with E-state index in [9.17, 15) is 51.0 Å². The maximum absolute atomic E-state index is 12.0. The predicted molar refractivity (Wildman–Crippen MR) is 140 cm³/mol. The summed E-state index contributed by atoms with van der Waals surface area (Å²) in [5.41, 5.74) is -4.42. The number of hydrogen-bond acceptors (Lipinski definition) is 10. The molecule has 200 valence electrons. The largest absolute Gasteiger partial charge is 0.350 e. The number of rotatable bonds is 4. The first-order valence-corrected chi connectivity index (χ1v) is 11.4. The Morgan fingerprint density at radius 2 is 1.02 bits per heavy atom. The summed E-state index contributed by atoms with van der Waals surface area (Å²) in [5.74, 6) is 0. The summed E-state index contributed by atoms with van der Waals surface area (Å²) in [5, 5.41) is 66.9. The number of nitro groups is 4. The molecule has 0 amide bonds. The minimum atomic E-state index is -0.943. The fourth-order valence-corrected chi connectivity index (χ4v) is 5.73. The Bertz CT molecular complexity index is 2060. The van der Waals surface area contributed by atoms with Crippen LogP contribution in [-0.4, -0.2) is 19.7 Å². The van der Waals surface area contributed by atoms with Crippen molar-refractivity contribution in [2.75, 3.05) is 0 Å². The van der Waals surface area contributed by atoms with E-state index in [0.717, 1.165) is 12.1 Å². The molecule has 2 aliphatic carbocycles. The van der Waals surface area contributed by atoms with E-state index in [4.69, 9.17) is 13.1 Å². The van der Waals surface area contributed by atoms with Crippen molar-refractivity contribution < 1.29 is 19.7 Å². The number of benzene rings is 3. The summed E-state index contributed by atoms with van der Waals surface area (Å²) >= 11 is 0. The van der Waals surface area contributed by atoms with Crippen LogP contribution in [0.25, 0.3) is 43.3 Å². The Morgan fingerprint density at radius 1 is 0.643 bits per heavy atom. The second kappa shape index (κ2) is 9.31. The van der Waals surface area contributed by atoms with Crippen molar-refractivity contribution in [3.05, 3.63) is 120 Å². The fraction of sp³-hybridized carbons (Fsp3) is 0.0769. The van der Waals surface area contributed by atoms with E-state index >= 15 is 0 Å². The number of nitriles is 2. The van der Waals surface area contributed by atoms with E-state index < -0.39 is 66.7 Å². The molecular formula is C26H8N8O8. The molecule has 0 radical (unpaired) electrons. The van der Waals surface area contributed by atoms with Crippen LogP contribution >= 0.6 is 0 Å². The molecule has 0 aliphatic heterocycles. The first-order chi connectivity index (χ1) is 20.0. The van der Waals surface area contributed by atoms with Gasteiger partial charge in [-0.05, 0) is 50.7 Å². The number of nitro benzene ring substituents is 4. The molecule has 2 aliphatic rings. The summed E-state index contributed by atoms with van der Waals surface area (Å²) in [7, 11) is 0. The summed E-state index contributed by atoms with van der Waals surface area (Å²) < 4.78 is 0. The molecule has 0 fully saturated rings. The lowest BCUT2D eigenvalue weighted by molar-refractivity contribution is -0.422. The van der Waals surface area contributed by atoms with Crippen molar-refractivity contribution in [2.45, 2.75) is 12.8 Å². The van der Waals surface area contributed by atoms with E-state index in [1.807, 2.05) is 0 Å². The van der Waals surface area contributed by atoms with Gasteiger partial charge in [-0.2, -0.15) is 0 Å². The molecule has 0 bridgehead atoms. The molecule has 3 aromatic rings. The minimum absolute atomic E-state index is 0.0227. The monoisotopic (exact) mass is 560 g/mol. The summed E-state index contributed by atoms with van der Waals surface area (Å²) in [4.78, 5) is 50.1. The van der Waals surface area contributed by atoms with Gasteiger partial charge in [-0.1, -0.05) is 0 Å². The Balaban J connectivity index is 2.12. The van der Waals surface area contributed by atoms with E-state index in [-0.39, 0.29) is 54.9 Å². The molecule has 0 atom stereocenters. The van der Waals surface area contributed by atoms with Crippen molar-refractivity contribution in [3.8, 4) is 34.4 Å². The number of hydrogen-bond donors (Lipinski definition) is 0. The topological polar surface area (TPSA) is 229 Å². The van der Waals surface area contributed by atoms with Crippen LogP contribution in [0.4, 0.5) is 22.7 Å². The molecule has 0 spiro atoms. The Hall–Kier alpha value is -7.04. The van der Waals surface area contributed by atoms with Crippen molar-refractivity contribution in [2.24, 2.45) is 0 Å². The van der Waals surface area contributed by atoms with Gasteiger partial charge in [0.1, 0.15) is 0 Å². The first-order valence-electron chi connectivity index (χ1n) is 11.4. The third kappa shape index (κ3) is 3.44. The van der Waals surface area contributed by atoms with Gasteiger partial charge < -0.3 is 0 Å². The summed E-state index contributed by atoms with van der Waals surface area (Å²) in [6.45, 7) is 15.3. The zero-order valence-corrected chi connectivity index (χ0v) is 20.6. The fourth-order valence-electron chi connectivity index (χ4n) is 5.73. The van der Waals surface area contributed by atoms with Gasteiger partial charge in [-0.25, -0.2) is 20.2 Å². The van der Waals surface area contributed by atoms with Crippen LogP contribution in [-0.2, 0) is 12.8 Å². The van der Waals surface area contributed by atoms with Gasteiger partial charge in [-0.3, -0.25) is 40.5 Å². The van der Waals surface area contributed by atoms with Gasteiger partial charge in [-0.15, -0.1) is 0 Å². The minimum Gasteiger partial charge on any atom is -0.258 e. The van der Waals surface area contributed by atoms with Crippen molar-refractivity contribution in [1.29, 1.82) is 10.5 Å². The van der Waals surface area contributed by atoms with E-state index in [1.54, 1.807) is 12.1 Å². The van der Waals surface area contributed by atoms with Crippen molar-refractivity contribution in [3.63, 3.8) is 0 Å². The van der Waals surface area contributed by atoms with Crippen molar-refractivity contribution >= 4 is 34.1 Å². The van der Waals surface area contributed by atoms with Crippen molar-refractivity contribution in [1.82, 2.24) is 0 Å². The van der Waals surface area contributed by atoms with Gasteiger partial charge in [0.25, 0.3) is 11.4 Å². The molecule has 0 saturated carbocycles. The zero-order chi connectivity index (χ0) is 30.6. The first kappa shape index (κ1) is 26.6. The molecule has 0 heterocycles. The van der Waals surface area contributed by atoms with Crippen LogP contribution in [0.15, 0.2) is 24.3 Å². The third-order valence-corrected chi connectivity index (χ3v) is 7.14. The quantitative estimate of drug-likeness (QED) is 0.176. The molecule has 0 unspecified atom stereocenters. The molecule has 5 rings (SSSR count). The van der Waals surface area contributed by atoms with E-state index in [0.29, 0.717) is 0 Å². The summed E-state index contributed by atoms with van der Waals surface area (Å²) in [6.07, 6.45) is -0.817. The lowest BCUT2D eigenvalue weighted by atomic mass is 9.90. The van der Waals surface area contributed by atoms with Crippen LogP contribution in [0.5, 0.6) is 0 Å². The highest BCUT2D eigenvalue weighted by atomic mass is 16.6. The van der Waals surface area contributed by atoms with E-state index in [1.165, 1.54) is 12.1 Å². The van der Waals surface area contributed by atoms with Crippen LogP contribution in [0.2, 0.25) is 0 Å². The highest BCUT2D eigenvalue weighted by Gasteiger charge is 2.41. The highest BCUT2D eigenvalue weighted by molar-refractivity contribution is 5.96. The lowest BCUT2D eigenvalue weighted by Crippen LogP contribution is -2.25. The van der Waals surface area contributed by atoms with Crippen LogP contribution in [0.3, 0.4) is 0 Å². The number of fused-ring (bicyclic) bond motifs is 6. The van der Waals surface area contributed by atoms with Gasteiger partial charge in [0.15, 0.2) is 0 Å². The average molecular weight is 560 g/mol. The Labute approximate surface area is 232 Å². The molecule has 0 N–H and O–H groups in total. The SMILES string of the molecule is [C-]#[N+]C(C#N)=c1c2c(c(=C(C#N)[N+]#[C-])c3c1Cc1c-3ccc([N+](=O)[O-])c1[N+](=O)[O-])-c1ccc([N+](=O)[O-])c([N+](=O)[O-])c1C2. The number of nitrogens with zero attached hydrogens (tertiary/aromatic N) is 8. The Morgan fingerprint density at radius 3 is 1.33 bits per heavy atom. The smallest absolute Gasteiger partial charge is 0.258 e. The lowest BCUT2D eigenvalue weighted by Gasteiger charge is -2.13. The molecule has 0 saturated heterocycles. The molecule has 3 aromatic carbocycles. The van der Waals surface area contributed by atoms with Crippen LogP contribution < -0.4 is 10.4 Å². The highest BCUT2D eigenvalue weighted by Crippen LogP contribution is 2.48. The van der Waals surface area contributed by atoms with Gasteiger partial charge >= 0.3 is 22.7 Å². The Kier molecular flexibility index (Phi) is 5.89. The van der Waals surface area contributed by atoms with Crippen LogP contribution in [0.1, 0.15) is 22.3 Å². The van der Waals surface area contributed by atoms with Crippen LogP contribution in [0, 0.1) is 76.3 Å². The third-order valence-electron chi connectivity index (χ3n) is 7.14. The van der Waals surface area contributed by atoms with E-state index in [2.05, 4.69) is 9.69 Å².